The number of hydrogen-bond acceptors (Lipinski definition) is 3. The fourth-order valence-corrected chi connectivity index (χ4v) is 2.15. The van der Waals surface area contributed by atoms with E-state index in [1.807, 2.05) is 31.2 Å². The molecule has 1 aromatic carbocycles. The number of benzene rings is 1. The first-order chi connectivity index (χ1) is 8.13. The number of halogens is 1. The van der Waals surface area contributed by atoms with Crippen LogP contribution in [-0.2, 0) is 4.79 Å². The number of hydrogen-bond donors (Lipinski definition) is 2. The van der Waals surface area contributed by atoms with E-state index in [1.165, 1.54) is 11.8 Å². The molecule has 1 aromatic rings. The molecule has 0 saturated heterocycles. The molecule has 0 saturated carbocycles. The number of nitrogens with one attached hydrogen (secondary N) is 1. The minimum atomic E-state index is -0.00105. The first kappa shape index (κ1) is 14.5. The van der Waals surface area contributed by atoms with Gasteiger partial charge >= 0.3 is 0 Å². The van der Waals surface area contributed by atoms with Crippen LogP contribution >= 0.6 is 27.7 Å². The molecule has 3 nitrogen and oxygen atoms in total. The quantitative estimate of drug-likeness (QED) is 0.792. The maximum atomic E-state index is 11.5. The van der Waals surface area contributed by atoms with Gasteiger partial charge in [-0.1, -0.05) is 28.1 Å². The Balaban J connectivity index is 2.40. The Morgan fingerprint density at radius 2 is 2.12 bits per heavy atom. The summed E-state index contributed by atoms with van der Waals surface area (Å²) in [6.07, 6.45) is 0. The third-order valence-corrected chi connectivity index (χ3v) is 3.68. The van der Waals surface area contributed by atoms with Crippen molar-refractivity contribution in [3.63, 3.8) is 0 Å². The molecule has 1 rings (SSSR count). The van der Waals surface area contributed by atoms with Crippen molar-refractivity contribution in [2.45, 2.75) is 13.0 Å². The van der Waals surface area contributed by atoms with Gasteiger partial charge < -0.3 is 10.4 Å². The molecule has 1 unspecified atom stereocenters. The number of thioether (sulfide) groups is 1. The minimum Gasteiger partial charge on any atom is -0.396 e. The number of carbonyl (C=O) groups excluding carboxylic acids is 1. The summed E-state index contributed by atoms with van der Waals surface area (Å²) in [5, 5.41) is 11.5. The molecule has 0 aromatic heterocycles. The standard InChI is InChI=1S/C12H16BrNO2S/c1-9(10-2-4-11(13)5-3-10)14-12(16)8-17-7-6-15/h2-5,9,15H,6-8H2,1H3,(H,14,16). The van der Waals surface area contributed by atoms with E-state index in [0.29, 0.717) is 11.5 Å². The molecule has 1 atom stereocenters. The minimum absolute atomic E-state index is 0.00105. The second-order valence-electron chi connectivity index (χ2n) is 3.62. The lowest BCUT2D eigenvalue weighted by Gasteiger charge is -2.14. The van der Waals surface area contributed by atoms with Crippen LogP contribution in [0.3, 0.4) is 0 Å². The van der Waals surface area contributed by atoms with Crippen molar-refractivity contribution in [1.29, 1.82) is 0 Å². The van der Waals surface area contributed by atoms with E-state index in [4.69, 9.17) is 5.11 Å². The van der Waals surface area contributed by atoms with Crippen LogP contribution in [0.25, 0.3) is 0 Å². The first-order valence-electron chi connectivity index (χ1n) is 5.37. The molecule has 5 heteroatoms. The Labute approximate surface area is 114 Å². The third kappa shape index (κ3) is 5.57. The van der Waals surface area contributed by atoms with Crippen LogP contribution in [0, 0.1) is 0 Å². The van der Waals surface area contributed by atoms with Crippen LogP contribution in [0.5, 0.6) is 0 Å². The van der Waals surface area contributed by atoms with E-state index in [2.05, 4.69) is 21.2 Å². The summed E-state index contributed by atoms with van der Waals surface area (Å²) >= 11 is 4.80. The van der Waals surface area contributed by atoms with Gasteiger partial charge in [-0.05, 0) is 24.6 Å². The Morgan fingerprint density at radius 3 is 2.71 bits per heavy atom. The lowest BCUT2D eigenvalue weighted by molar-refractivity contribution is -0.119. The van der Waals surface area contributed by atoms with E-state index < -0.39 is 0 Å². The van der Waals surface area contributed by atoms with Crippen LogP contribution in [0.15, 0.2) is 28.7 Å². The van der Waals surface area contributed by atoms with Gasteiger partial charge in [-0.15, -0.1) is 11.8 Å². The molecule has 0 spiro atoms. The Bertz CT molecular complexity index is 356. The van der Waals surface area contributed by atoms with Crippen LogP contribution in [0.2, 0.25) is 0 Å². The Kier molecular flexibility index (Phi) is 6.62. The van der Waals surface area contributed by atoms with Gasteiger partial charge in [0.05, 0.1) is 18.4 Å². The molecule has 0 bridgehead atoms. The van der Waals surface area contributed by atoms with E-state index in [0.717, 1.165) is 10.0 Å². The molecule has 17 heavy (non-hydrogen) atoms. The summed E-state index contributed by atoms with van der Waals surface area (Å²) in [5.74, 6) is 0.987. The van der Waals surface area contributed by atoms with E-state index in [-0.39, 0.29) is 18.6 Å². The molecule has 94 valence electrons. The summed E-state index contributed by atoms with van der Waals surface area (Å²) in [6.45, 7) is 2.07. The second kappa shape index (κ2) is 7.74. The van der Waals surface area contributed by atoms with Gasteiger partial charge in [-0.3, -0.25) is 4.79 Å². The van der Waals surface area contributed by atoms with Crippen LogP contribution < -0.4 is 5.32 Å². The van der Waals surface area contributed by atoms with Gasteiger partial charge in [0.25, 0.3) is 0 Å². The number of carbonyl (C=O) groups is 1. The van der Waals surface area contributed by atoms with Crippen molar-refractivity contribution in [2.24, 2.45) is 0 Å². The van der Waals surface area contributed by atoms with Gasteiger partial charge in [-0.25, -0.2) is 0 Å². The average Bonchev–Trinajstić information content (AvgIpc) is 2.30. The van der Waals surface area contributed by atoms with Crippen LogP contribution in [0.4, 0.5) is 0 Å². The first-order valence-corrected chi connectivity index (χ1v) is 7.31. The topological polar surface area (TPSA) is 49.3 Å². The molecule has 0 aliphatic carbocycles. The molecule has 2 N–H and O–H groups in total. The maximum Gasteiger partial charge on any atom is 0.230 e. The van der Waals surface area contributed by atoms with Crippen molar-refractivity contribution in [2.75, 3.05) is 18.1 Å². The highest BCUT2D eigenvalue weighted by molar-refractivity contribution is 9.10. The zero-order valence-corrected chi connectivity index (χ0v) is 12.1. The van der Waals surface area contributed by atoms with Gasteiger partial charge in [0.2, 0.25) is 5.91 Å². The zero-order valence-electron chi connectivity index (χ0n) is 9.65. The molecule has 0 heterocycles. The van der Waals surface area contributed by atoms with Gasteiger partial charge in [0.15, 0.2) is 0 Å². The summed E-state index contributed by atoms with van der Waals surface area (Å²) < 4.78 is 1.03. The number of amides is 1. The van der Waals surface area contributed by atoms with Gasteiger partial charge in [0.1, 0.15) is 0 Å². The number of aliphatic hydroxyl groups excluding tert-OH is 1. The average molecular weight is 318 g/mol. The van der Waals surface area contributed by atoms with Crippen molar-refractivity contribution in [1.82, 2.24) is 5.32 Å². The fourth-order valence-electron chi connectivity index (χ4n) is 1.35. The predicted molar refractivity (Wildman–Crippen MR) is 75.1 cm³/mol. The van der Waals surface area contributed by atoms with Gasteiger partial charge in [0, 0.05) is 10.2 Å². The zero-order chi connectivity index (χ0) is 12.7. The molecule has 0 radical (unpaired) electrons. The Morgan fingerprint density at radius 1 is 1.47 bits per heavy atom. The smallest absolute Gasteiger partial charge is 0.230 e. The van der Waals surface area contributed by atoms with Gasteiger partial charge in [-0.2, -0.15) is 0 Å². The Hall–Kier alpha value is -0.520. The van der Waals surface area contributed by atoms with Crippen LogP contribution in [0.1, 0.15) is 18.5 Å². The van der Waals surface area contributed by atoms with E-state index in [9.17, 15) is 4.79 Å². The lowest BCUT2D eigenvalue weighted by Crippen LogP contribution is -2.28. The summed E-state index contributed by atoms with van der Waals surface area (Å²) in [4.78, 5) is 11.5. The highest BCUT2D eigenvalue weighted by Gasteiger charge is 2.08. The highest BCUT2D eigenvalue weighted by atomic mass is 79.9. The largest absolute Gasteiger partial charge is 0.396 e. The van der Waals surface area contributed by atoms with Crippen LogP contribution in [-0.4, -0.2) is 29.1 Å². The third-order valence-electron chi connectivity index (χ3n) is 2.22. The predicted octanol–water partition coefficient (Wildman–Crippen LogP) is 2.35. The van der Waals surface area contributed by atoms with Crippen molar-refractivity contribution < 1.29 is 9.90 Å². The van der Waals surface area contributed by atoms with Crippen molar-refractivity contribution in [3.8, 4) is 0 Å². The number of rotatable bonds is 6. The molecule has 0 aliphatic heterocycles. The van der Waals surface area contributed by atoms with Crippen molar-refractivity contribution >= 4 is 33.6 Å². The molecular weight excluding hydrogens is 302 g/mol. The molecule has 0 aliphatic rings. The maximum absolute atomic E-state index is 11.5. The number of aliphatic hydroxyl groups is 1. The normalized spacial score (nSPS) is 12.2. The molecule has 1 amide bonds. The molecule has 0 fully saturated rings. The van der Waals surface area contributed by atoms with E-state index in [1.54, 1.807) is 0 Å². The summed E-state index contributed by atoms with van der Waals surface area (Å²) in [7, 11) is 0. The SMILES string of the molecule is CC(NC(=O)CSCCO)c1ccc(Br)cc1. The summed E-state index contributed by atoms with van der Waals surface area (Å²) in [6, 6.07) is 7.88. The summed E-state index contributed by atoms with van der Waals surface area (Å²) in [5.41, 5.74) is 1.08. The lowest BCUT2D eigenvalue weighted by atomic mass is 10.1. The van der Waals surface area contributed by atoms with Crippen molar-refractivity contribution in [3.05, 3.63) is 34.3 Å². The highest BCUT2D eigenvalue weighted by Crippen LogP contribution is 2.16. The second-order valence-corrected chi connectivity index (χ2v) is 5.64. The molecular formula is C12H16BrNO2S. The fraction of sp³-hybridized carbons (Fsp3) is 0.417. The van der Waals surface area contributed by atoms with E-state index >= 15 is 0 Å². The monoisotopic (exact) mass is 317 g/mol.